The average molecular weight is 410 g/mol. The molecular weight excluding hydrogens is 383 g/mol. The minimum absolute atomic E-state index is 0.0826. The number of nitrogens with one attached hydrogen (secondary N) is 1. The maximum Gasteiger partial charge on any atom is 0.408 e. The van der Waals surface area contributed by atoms with E-state index in [2.05, 4.69) is 10.3 Å². The number of halogens is 1. The number of aromatic nitrogens is 2. The first-order valence-electron chi connectivity index (χ1n) is 9.28. The van der Waals surface area contributed by atoms with Crippen LogP contribution in [0, 0.1) is 17.7 Å². The van der Waals surface area contributed by atoms with Crippen LogP contribution < -0.4 is 16.7 Å². The van der Waals surface area contributed by atoms with Crippen molar-refractivity contribution in [2.75, 3.05) is 12.3 Å². The predicted molar refractivity (Wildman–Crippen MR) is 104 cm³/mol. The summed E-state index contributed by atoms with van der Waals surface area (Å²) in [4.78, 5) is 39.4. The molecule has 2 rings (SSSR count). The lowest BCUT2D eigenvalue weighted by Gasteiger charge is -2.24. The zero-order chi connectivity index (χ0) is 21.9. The zero-order valence-electron chi connectivity index (χ0n) is 17.2. The first kappa shape index (κ1) is 22.4. The Morgan fingerprint density at radius 2 is 2.10 bits per heavy atom. The van der Waals surface area contributed by atoms with Crippen LogP contribution in [-0.4, -0.2) is 39.9 Å². The van der Waals surface area contributed by atoms with Crippen molar-refractivity contribution < 1.29 is 23.5 Å². The van der Waals surface area contributed by atoms with Crippen molar-refractivity contribution in [3.8, 4) is 0 Å². The van der Waals surface area contributed by atoms with Gasteiger partial charge in [0.05, 0.1) is 12.8 Å². The fourth-order valence-electron chi connectivity index (χ4n) is 2.48. The maximum absolute atomic E-state index is 13.5. The Balaban J connectivity index is 1.92. The maximum atomic E-state index is 13.5. The fourth-order valence-corrected chi connectivity index (χ4v) is 2.48. The first-order valence-corrected chi connectivity index (χ1v) is 9.28. The molecular formula is C19H27FN4O5. The van der Waals surface area contributed by atoms with Crippen LogP contribution in [0.5, 0.6) is 0 Å². The number of hydrogen-bond acceptors (Lipinski definition) is 7. The molecule has 160 valence electrons. The second-order valence-electron chi connectivity index (χ2n) is 8.27. The molecule has 0 aromatic carbocycles. The van der Waals surface area contributed by atoms with Crippen LogP contribution in [0.15, 0.2) is 16.6 Å². The van der Waals surface area contributed by atoms with Gasteiger partial charge in [0.2, 0.25) is 0 Å². The van der Waals surface area contributed by atoms with Gasteiger partial charge >= 0.3 is 17.8 Å². The van der Waals surface area contributed by atoms with Gasteiger partial charge in [0.1, 0.15) is 11.6 Å². The number of anilines is 1. The summed E-state index contributed by atoms with van der Waals surface area (Å²) in [6.07, 6.45) is 2.31. The van der Waals surface area contributed by atoms with Crippen LogP contribution in [-0.2, 0) is 14.3 Å². The summed E-state index contributed by atoms with van der Waals surface area (Å²) in [6, 6.07) is -0.853. The van der Waals surface area contributed by atoms with Crippen molar-refractivity contribution >= 4 is 24.1 Å². The Morgan fingerprint density at radius 3 is 2.69 bits per heavy atom. The SMILES string of the molecule is CC(C)C(NC(=O)OC(C)(C)C)C(=O)OCC1C/C1=C/n1cc(F)c(N)nc1=O. The third-order valence-electron chi connectivity index (χ3n) is 4.10. The van der Waals surface area contributed by atoms with E-state index in [1.165, 1.54) is 6.20 Å². The summed E-state index contributed by atoms with van der Waals surface area (Å²) in [5.74, 6) is -2.11. The van der Waals surface area contributed by atoms with Gasteiger partial charge in [-0.1, -0.05) is 13.8 Å². The highest BCUT2D eigenvalue weighted by atomic mass is 19.1. The van der Waals surface area contributed by atoms with Gasteiger partial charge in [0.25, 0.3) is 0 Å². The standard InChI is InChI=1S/C19H27FN4O5/c1-10(2)14(22-18(27)29-19(3,4)5)16(25)28-9-12-6-11(12)7-24-8-13(20)15(21)23-17(24)26/h7-8,10,12,14H,6,9H2,1-5H3,(H,22,27)(H2,21,23,26)/b11-7-. The third-order valence-corrected chi connectivity index (χ3v) is 4.10. The van der Waals surface area contributed by atoms with Gasteiger partial charge in [0.15, 0.2) is 11.6 Å². The van der Waals surface area contributed by atoms with E-state index in [-0.39, 0.29) is 18.4 Å². The molecule has 1 aromatic rings. The highest BCUT2D eigenvalue weighted by molar-refractivity contribution is 5.81. The molecule has 1 heterocycles. The molecule has 9 nitrogen and oxygen atoms in total. The van der Waals surface area contributed by atoms with Gasteiger partial charge in [-0.15, -0.1) is 0 Å². The Bertz CT molecular complexity index is 872. The molecule has 2 unspecified atom stereocenters. The normalized spacial score (nSPS) is 18.4. The van der Waals surface area contributed by atoms with Gasteiger partial charge in [0, 0.05) is 12.1 Å². The third kappa shape index (κ3) is 6.58. The van der Waals surface area contributed by atoms with E-state index < -0.39 is 41.0 Å². The number of amides is 1. The number of ether oxygens (including phenoxy) is 2. The molecule has 1 amide bonds. The highest BCUT2D eigenvalue weighted by Gasteiger charge is 2.34. The number of hydrogen-bond donors (Lipinski definition) is 2. The van der Waals surface area contributed by atoms with E-state index in [9.17, 15) is 18.8 Å². The smallest absolute Gasteiger partial charge is 0.408 e. The Hall–Kier alpha value is -2.91. The van der Waals surface area contributed by atoms with Crippen LogP contribution in [0.4, 0.5) is 15.0 Å². The predicted octanol–water partition coefficient (Wildman–Crippen LogP) is 1.92. The number of nitrogens with zero attached hydrogens (tertiary/aromatic N) is 2. The largest absolute Gasteiger partial charge is 0.464 e. The molecule has 0 bridgehead atoms. The van der Waals surface area contributed by atoms with Gasteiger partial charge in [-0.05, 0) is 38.7 Å². The van der Waals surface area contributed by atoms with Crippen molar-refractivity contribution in [3.63, 3.8) is 0 Å². The van der Waals surface area contributed by atoms with E-state index in [4.69, 9.17) is 15.2 Å². The number of esters is 1. The molecule has 1 aliphatic carbocycles. The number of carbonyl (C=O) groups is 2. The van der Waals surface area contributed by atoms with Gasteiger partial charge < -0.3 is 20.5 Å². The van der Waals surface area contributed by atoms with Crippen LogP contribution >= 0.6 is 0 Å². The highest BCUT2D eigenvalue weighted by Crippen LogP contribution is 2.38. The zero-order valence-corrected chi connectivity index (χ0v) is 17.2. The van der Waals surface area contributed by atoms with Crippen molar-refractivity contribution in [2.24, 2.45) is 11.8 Å². The lowest BCUT2D eigenvalue weighted by Crippen LogP contribution is -2.47. The van der Waals surface area contributed by atoms with Crippen LogP contribution in [0.1, 0.15) is 41.0 Å². The molecule has 0 spiro atoms. The molecule has 2 atom stereocenters. The minimum Gasteiger partial charge on any atom is -0.464 e. The molecule has 1 aromatic heterocycles. The topological polar surface area (TPSA) is 126 Å². The van der Waals surface area contributed by atoms with E-state index in [0.717, 1.165) is 16.3 Å². The van der Waals surface area contributed by atoms with E-state index >= 15 is 0 Å². The molecule has 3 N–H and O–H groups in total. The summed E-state index contributed by atoms with van der Waals surface area (Å²) in [5.41, 5.74) is 4.68. The molecule has 0 saturated heterocycles. The molecule has 0 radical (unpaired) electrons. The van der Waals surface area contributed by atoms with E-state index in [0.29, 0.717) is 6.42 Å². The summed E-state index contributed by atoms with van der Waals surface area (Å²) < 4.78 is 25.0. The number of rotatable bonds is 6. The molecule has 1 saturated carbocycles. The monoisotopic (exact) mass is 410 g/mol. The van der Waals surface area contributed by atoms with Gasteiger partial charge in [-0.3, -0.25) is 4.57 Å². The molecule has 1 aliphatic rings. The van der Waals surface area contributed by atoms with Crippen molar-refractivity contribution in [2.45, 2.75) is 52.7 Å². The molecule has 29 heavy (non-hydrogen) atoms. The Labute approximate surface area is 168 Å². The number of carbonyl (C=O) groups excluding carboxylic acids is 2. The van der Waals surface area contributed by atoms with Gasteiger partial charge in [-0.25, -0.2) is 18.8 Å². The summed E-state index contributed by atoms with van der Waals surface area (Å²) in [5, 5.41) is 2.53. The molecule has 0 aliphatic heterocycles. The van der Waals surface area contributed by atoms with Gasteiger partial charge in [-0.2, -0.15) is 4.98 Å². The van der Waals surface area contributed by atoms with Crippen molar-refractivity contribution in [1.82, 2.24) is 14.9 Å². The molecule has 1 fully saturated rings. The summed E-state index contributed by atoms with van der Waals surface area (Å²) >= 11 is 0. The number of nitrogen functional groups attached to an aromatic ring is 1. The van der Waals surface area contributed by atoms with Crippen molar-refractivity contribution in [1.29, 1.82) is 0 Å². The Morgan fingerprint density at radius 1 is 1.45 bits per heavy atom. The first-order chi connectivity index (χ1) is 13.4. The Kier molecular flexibility index (Phi) is 6.66. The number of alkyl carbamates (subject to hydrolysis) is 1. The summed E-state index contributed by atoms with van der Waals surface area (Å²) in [6.45, 7) is 8.82. The van der Waals surface area contributed by atoms with E-state index in [1.54, 1.807) is 34.6 Å². The van der Waals surface area contributed by atoms with Crippen LogP contribution in [0.3, 0.4) is 0 Å². The van der Waals surface area contributed by atoms with Crippen molar-refractivity contribution in [3.05, 3.63) is 28.1 Å². The quantitative estimate of drug-likeness (QED) is 0.686. The second kappa shape index (κ2) is 8.62. The molecule has 10 heteroatoms. The van der Waals surface area contributed by atoms with Crippen LogP contribution in [0.25, 0.3) is 6.20 Å². The fraction of sp³-hybridized carbons (Fsp3) is 0.579. The second-order valence-corrected chi connectivity index (χ2v) is 8.27. The van der Waals surface area contributed by atoms with E-state index in [1.807, 2.05) is 0 Å². The van der Waals surface area contributed by atoms with Crippen LogP contribution in [0.2, 0.25) is 0 Å². The summed E-state index contributed by atoms with van der Waals surface area (Å²) in [7, 11) is 0. The average Bonchev–Trinajstić information content (AvgIpc) is 3.31. The lowest BCUT2D eigenvalue weighted by molar-refractivity contribution is -0.147. The lowest BCUT2D eigenvalue weighted by atomic mass is 10.1. The number of nitrogens with two attached hydrogens (primary N) is 1. The minimum atomic E-state index is -0.853.